The Hall–Kier alpha value is 0.240. The Morgan fingerprint density at radius 3 is 2.67 bits per heavy atom. The molecule has 0 spiro atoms. The van der Waals surface area contributed by atoms with Gasteiger partial charge in [-0.2, -0.15) is 0 Å². The van der Waals surface area contributed by atoms with Crippen molar-refractivity contribution in [3.63, 3.8) is 0 Å². The van der Waals surface area contributed by atoms with E-state index in [0.717, 1.165) is 19.5 Å². The summed E-state index contributed by atoms with van der Waals surface area (Å²) in [4.78, 5) is 2.12. The first-order valence-corrected chi connectivity index (χ1v) is 4.84. The average molecular weight is 212 g/mol. The van der Waals surface area contributed by atoms with Gasteiger partial charge < -0.3 is 5.11 Å². The summed E-state index contributed by atoms with van der Waals surface area (Å²) in [6.07, 6.45) is 0.778. The smallest absolute Gasteiger partial charge is 0.0443 e. The molecule has 0 amide bonds. The van der Waals surface area contributed by atoms with Gasteiger partial charge in [-0.25, -0.2) is 0 Å². The predicted octanol–water partition coefficient (Wildman–Crippen LogP) is 2.01. The molecule has 0 saturated heterocycles. The molecule has 0 aromatic carbocycles. The van der Waals surface area contributed by atoms with Crippen LogP contribution in [0.2, 0.25) is 0 Å². The fraction of sp³-hybridized carbons (Fsp3) is 0.750. The highest BCUT2D eigenvalue weighted by Crippen LogP contribution is 2.06. The van der Waals surface area contributed by atoms with Gasteiger partial charge in [-0.3, -0.25) is 4.90 Å². The normalized spacial score (nSPS) is 12.6. The first-order valence-electron chi connectivity index (χ1n) is 4.02. The molecule has 0 aliphatic heterocycles. The second kappa shape index (κ2) is 7.87. The topological polar surface area (TPSA) is 23.5 Å². The van der Waals surface area contributed by atoms with Crippen LogP contribution in [0.5, 0.6) is 0 Å². The Bertz CT molecular complexity index is 139. The molecule has 0 bridgehead atoms. The van der Waals surface area contributed by atoms with Gasteiger partial charge in [0.05, 0.1) is 0 Å². The third kappa shape index (κ3) is 5.84. The molecule has 0 aliphatic carbocycles. The lowest BCUT2D eigenvalue weighted by Gasteiger charge is -2.18. The highest BCUT2D eigenvalue weighted by atomic mass is 35.5. The van der Waals surface area contributed by atoms with Crippen LogP contribution in [0.3, 0.4) is 0 Å². The highest BCUT2D eigenvalue weighted by Gasteiger charge is 2.02. The molecule has 12 heavy (non-hydrogen) atoms. The van der Waals surface area contributed by atoms with Gasteiger partial charge in [-0.1, -0.05) is 30.1 Å². The zero-order valence-corrected chi connectivity index (χ0v) is 8.78. The largest absolute Gasteiger partial charge is 0.396 e. The predicted molar refractivity (Wildman–Crippen MR) is 53.6 cm³/mol. The van der Waals surface area contributed by atoms with Crippen molar-refractivity contribution in [1.29, 1.82) is 0 Å². The number of aliphatic hydroxyl groups is 1. The van der Waals surface area contributed by atoms with E-state index in [-0.39, 0.29) is 6.61 Å². The van der Waals surface area contributed by atoms with Crippen LogP contribution in [0.4, 0.5) is 0 Å². The van der Waals surface area contributed by atoms with Gasteiger partial charge in [-0.15, -0.1) is 0 Å². The Balaban J connectivity index is 3.67. The summed E-state index contributed by atoms with van der Waals surface area (Å²) in [7, 11) is 0. The van der Waals surface area contributed by atoms with Crippen LogP contribution in [0.15, 0.2) is 10.6 Å². The lowest BCUT2D eigenvalue weighted by molar-refractivity contribution is 0.241. The molecule has 72 valence electrons. The minimum absolute atomic E-state index is 0.221. The molecule has 0 unspecified atom stereocenters. The van der Waals surface area contributed by atoms with Gasteiger partial charge in [0.2, 0.25) is 0 Å². The maximum atomic E-state index is 8.60. The Kier molecular flexibility index (Phi) is 8.02. The van der Waals surface area contributed by atoms with E-state index in [2.05, 4.69) is 11.8 Å². The number of nitrogens with zero attached hydrogens (tertiary/aromatic N) is 1. The number of hydrogen-bond donors (Lipinski definition) is 1. The third-order valence-corrected chi connectivity index (χ3v) is 2.18. The molecule has 0 aromatic heterocycles. The van der Waals surface area contributed by atoms with Gasteiger partial charge in [0.1, 0.15) is 0 Å². The molecule has 0 atom stereocenters. The van der Waals surface area contributed by atoms with E-state index in [9.17, 15) is 0 Å². The molecule has 1 N–H and O–H groups in total. The summed E-state index contributed by atoms with van der Waals surface area (Å²) in [5, 5.41) is 9.24. The Morgan fingerprint density at radius 1 is 1.58 bits per heavy atom. The second-order valence-corrected chi connectivity index (χ2v) is 3.21. The quantitative estimate of drug-likeness (QED) is 0.727. The zero-order chi connectivity index (χ0) is 9.40. The molecule has 0 fully saturated rings. The average Bonchev–Trinajstić information content (AvgIpc) is 2.11. The number of aliphatic hydroxyl groups excluding tert-OH is 1. The number of halogens is 2. The monoisotopic (exact) mass is 211 g/mol. The van der Waals surface area contributed by atoms with E-state index in [0.29, 0.717) is 11.6 Å². The molecular weight excluding hydrogens is 197 g/mol. The molecule has 0 heterocycles. The first-order chi connectivity index (χ1) is 5.74. The second-order valence-electron chi connectivity index (χ2n) is 2.50. The Labute approximate surface area is 83.8 Å². The Morgan fingerprint density at radius 2 is 2.25 bits per heavy atom. The first kappa shape index (κ1) is 12.2. The van der Waals surface area contributed by atoms with Crippen molar-refractivity contribution in [2.24, 2.45) is 0 Å². The van der Waals surface area contributed by atoms with Gasteiger partial charge in [-0.05, 0) is 13.0 Å². The molecule has 4 heteroatoms. The van der Waals surface area contributed by atoms with Gasteiger partial charge in [0.25, 0.3) is 0 Å². The lowest BCUT2D eigenvalue weighted by Crippen LogP contribution is -2.26. The van der Waals surface area contributed by atoms with E-state index in [4.69, 9.17) is 28.3 Å². The highest BCUT2D eigenvalue weighted by molar-refractivity contribution is 6.36. The summed E-state index contributed by atoms with van der Waals surface area (Å²) >= 11 is 11.2. The SMILES string of the molecule is CCN(CCCO)CC(Cl)=CCl. The zero-order valence-electron chi connectivity index (χ0n) is 7.26. The van der Waals surface area contributed by atoms with Crippen molar-refractivity contribution in [2.45, 2.75) is 13.3 Å². The van der Waals surface area contributed by atoms with Crippen molar-refractivity contribution in [3.8, 4) is 0 Å². The number of hydrogen-bond acceptors (Lipinski definition) is 2. The standard InChI is InChI=1S/C8H15Cl2NO/c1-2-11(4-3-5-12)7-8(10)6-9/h6,12H,2-5,7H2,1H3. The van der Waals surface area contributed by atoms with Crippen molar-refractivity contribution < 1.29 is 5.11 Å². The van der Waals surface area contributed by atoms with Crippen LogP contribution in [-0.2, 0) is 0 Å². The van der Waals surface area contributed by atoms with E-state index < -0.39 is 0 Å². The molecule has 0 rings (SSSR count). The van der Waals surface area contributed by atoms with E-state index >= 15 is 0 Å². The fourth-order valence-corrected chi connectivity index (χ4v) is 1.13. The van der Waals surface area contributed by atoms with Crippen molar-refractivity contribution in [1.82, 2.24) is 4.90 Å². The fourth-order valence-electron chi connectivity index (χ4n) is 0.891. The van der Waals surface area contributed by atoms with Crippen LogP contribution in [0, 0.1) is 0 Å². The van der Waals surface area contributed by atoms with Crippen molar-refractivity contribution in [3.05, 3.63) is 10.6 Å². The van der Waals surface area contributed by atoms with E-state index in [1.807, 2.05) is 0 Å². The minimum atomic E-state index is 0.221. The van der Waals surface area contributed by atoms with E-state index in [1.165, 1.54) is 5.54 Å². The summed E-state index contributed by atoms with van der Waals surface area (Å²) in [6, 6.07) is 0. The lowest BCUT2D eigenvalue weighted by atomic mass is 10.4. The summed E-state index contributed by atoms with van der Waals surface area (Å²) in [5.41, 5.74) is 1.38. The molecule has 0 aliphatic rings. The maximum Gasteiger partial charge on any atom is 0.0443 e. The van der Waals surface area contributed by atoms with E-state index in [1.54, 1.807) is 0 Å². The number of rotatable bonds is 6. The molecular formula is C8H15Cl2NO. The molecule has 2 nitrogen and oxygen atoms in total. The van der Waals surface area contributed by atoms with Crippen LogP contribution in [-0.4, -0.2) is 36.2 Å². The molecule has 0 saturated carbocycles. The van der Waals surface area contributed by atoms with Crippen molar-refractivity contribution >= 4 is 23.2 Å². The van der Waals surface area contributed by atoms with Gasteiger partial charge in [0, 0.05) is 30.3 Å². The van der Waals surface area contributed by atoms with Crippen LogP contribution in [0.25, 0.3) is 0 Å². The molecule has 0 radical (unpaired) electrons. The van der Waals surface area contributed by atoms with Crippen LogP contribution >= 0.6 is 23.2 Å². The summed E-state index contributed by atoms with van der Waals surface area (Å²) < 4.78 is 0. The minimum Gasteiger partial charge on any atom is -0.396 e. The summed E-state index contributed by atoms with van der Waals surface area (Å²) in [6.45, 7) is 4.71. The van der Waals surface area contributed by atoms with Crippen LogP contribution < -0.4 is 0 Å². The van der Waals surface area contributed by atoms with Crippen LogP contribution in [0.1, 0.15) is 13.3 Å². The van der Waals surface area contributed by atoms with Gasteiger partial charge in [0.15, 0.2) is 0 Å². The van der Waals surface area contributed by atoms with Gasteiger partial charge >= 0.3 is 0 Å². The maximum absolute atomic E-state index is 8.60. The summed E-state index contributed by atoms with van der Waals surface area (Å²) in [5.74, 6) is 0. The molecule has 0 aromatic rings. The number of likely N-dealkylation sites (N-methyl/N-ethyl adjacent to an activating group) is 1. The van der Waals surface area contributed by atoms with Crippen molar-refractivity contribution in [2.75, 3.05) is 26.2 Å². The third-order valence-electron chi connectivity index (χ3n) is 1.57.